The van der Waals surface area contributed by atoms with Crippen molar-refractivity contribution in [3.8, 4) is 0 Å². The van der Waals surface area contributed by atoms with Crippen LogP contribution in [0.1, 0.15) is 50.3 Å². The number of nitrogens with zero attached hydrogens (tertiary/aromatic N) is 3. The van der Waals surface area contributed by atoms with E-state index in [1.807, 2.05) is 18.4 Å². The van der Waals surface area contributed by atoms with Crippen molar-refractivity contribution in [3.05, 3.63) is 11.6 Å². The fourth-order valence-corrected chi connectivity index (χ4v) is 2.51. The van der Waals surface area contributed by atoms with Gasteiger partial charge in [-0.15, -0.1) is 10.2 Å². The Morgan fingerprint density at radius 3 is 3.10 bits per heavy atom. The van der Waals surface area contributed by atoms with Gasteiger partial charge in [0.05, 0.1) is 12.1 Å². The highest BCUT2D eigenvalue weighted by Crippen LogP contribution is 2.23. The van der Waals surface area contributed by atoms with E-state index in [0.29, 0.717) is 6.42 Å². The second kappa shape index (κ2) is 6.69. The minimum absolute atomic E-state index is 0.103. The molecular weight excluding hydrogens is 258 g/mol. The number of urea groups is 1. The molecule has 0 bridgehead atoms. The van der Waals surface area contributed by atoms with Crippen LogP contribution in [0, 0.1) is 6.92 Å². The lowest BCUT2D eigenvalue weighted by Gasteiger charge is -2.24. The molecule has 0 spiro atoms. The first-order valence-corrected chi connectivity index (χ1v) is 7.24. The van der Waals surface area contributed by atoms with Crippen molar-refractivity contribution in [1.29, 1.82) is 0 Å². The van der Waals surface area contributed by atoms with Crippen molar-refractivity contribution < 1.29 is 9.90 Å². The number of fused-ring (bicyclic) bond motifs is 1. The Balaban J connectivity index is 1.86. The molecule has 0 fully saturated rings. The van der Waals surface area contributed by atoms with Crippen LogP contribution in [0.2, 0.25) is 0 Å². The Morgan fingerprint density at radius 2 is 2.35 bits per heavy atom. The summed E-state index contributed by atoms with van der Waals surface area (Å²) in [4.78, 5) is 11.8. The molecule has 2 amide bonds. The van der Waals surface area contributed by atoms with E-state index in [0.717, 1.165) is 37.5 Å². The molecule has 7 heteroatoms. The Kier molecular flexibility index (Phi) is 4.94. The van der Waals surface area contributed by atoms with Gasteiger partial charge in [0.15, 0.2) is 5.82 Å². The van der Waals surface area contributed by atoms with Crippen molar-refractivity contribution in [2.75, 3.05) is 6.54 Å². The van der Waals surface area contributed by atoms with Crippen LogP contribution in [-0.4, -0.2) is 38.6 Å². The zero-order chi connectivity index (χ0) is 14.5. The maximum atomic E-state index is 11.8. The van der Waals surface area contributed by atoms with Crippen LogP contribution in [0.4, 0.5) is 4.79 Å². The van der Waals surface area contributed by atoms with Crippen LogP contribution < -0.4 is 10.6 Å². The lowest BCUT2D eigenvalue weighted by molar-refractivity contribution is 0.159. The highest BCUT2D eigenvalue weighted by atomic mass is 16.3. The largest absolute Gasteiger partial charge is 0.391 e. The summed E-state index contributed by atoms with van der Waals surface area (Å²) in [5.41, 5.74) is 0. The first-order chi connectivity index (χ1) is 9.61. The number of hydrogen-bond donors (Lipinski definition) is 3. The molecule has 3 N–H and O–H groups in total. The predicted octanol–water partition coefficient (Wildman–Crippen LogP) is 0.882. The minimum Gasteiger partial charge on any atom is -0.391 e. The van der Waals surface area contributed by atoms with Crippen LogP contribution in [0.5, 0.6) is 0 Å². The lowest BCUT2D eigenvalue weighted by atomic mass is 10.1. The minimum atomic E-state index is -0.483. The van der Waals surface area contributed by atoms with Gasteiger partial charge in [-0.1, -0.05) is 13.3 Å². The SMILES string of the molecule is CCCC(O)CNC(=O)NC1CCCn2c(C)nnc21. The summed E-state index contributed by atoms with van der Waals surface area (Å²) in [5, 5.41) is 23.4. The van der Waals surface area contributed by atoms with Crippen molar-refractivity contribution >= 4 is 6.03 Å². The normalized spacial score (nSPS) is 19.2. The number of hydrogen-bond acceptors (Lipinski definition) is 4. The molecule has 2 rings (SSSR count). The molecule has 0 radical (unpaired) electrons. The van der Waals surface area contributed by atoms with Gasteiger partial charge in [0.1, 0.15) is 5.82 Å². The molecule has 2 unspecified atom stereocenters. The second-order valence-electron chi connectivity index (χ2n) is 5.25. The summed E-state index contributed by atoms with van der Waals surface area (Å²) in [6.07, 6.45) is 2.97. The average molecular weight is 281 g/mol. The topological polar surface area (TPSA) is 92.1 Å². The summed E-state index contributed by atoms with van der Waals surface area (Å²) < 4.78 is 2.04. The number of rotatable bonds is 5. The third-order valence-electron chi connectivity index (χ3n) is 3.58. The van der Waals surface area contributed by atoms with E-state index in [2.05, 4.69) is 20.8 Å². The summed E-state index contributed by atoms with van der Waals surface area (Å²) >= 11 is 0. The quantitative estimate of drug-likeness (QED) is 0.747. The van der Waals surface area contributed by atoms with E-state index in [1.54, 1.807) is 0 Å². The van der Waals surface area contributed by atoms with Crippen LogP contribution in [0.15, 0.2) is 0 Å². The van der Waals surface area contributed by atoms with E-state index in [4.69, 9.17) is 0 Å². The molecule has 0 saturated carbocycles. The highest BCUT2D eigenvalue weighted by Gasteiger charge is 2.25. The third-order valence-corrected chi connectivity index (χ3v) is 3.58. The van der Waals surface area contributed by atoms with E-state index in [-0.39, 0.29) is 18.6 Å². The molecule has 2 heterocycles. The average Bonchev–Trinajstić information content (AvgIpc) is 2.80. The summed E-state index contributed by atoms with van der Waals surface area (Å²) in [6.45, 7) is 5.10. The number of carbonyl (C=O) groups is 1. The van der Waals surface area contributed by atoms with Crippen molar-refractivity contribution in [2.24, 2.45) is 0 Å². The molecule has 0 aliphatic carbocycles. The van der Waals surface area contributed by atoms with E-state index >= 15 is 0 Å². The molecule has 112 valence electrons. The number of amides is 2. The van der Waals surface area contributed by atoms with Gasteiger partial charge in [-0.2, -0.15) is 0 Å². The zero-order valence-electron chi connectivity index (χ0n) is 12.1. The molecule has 2 atom stereocenters. The van der Waals surface area contributed by atoms with Gasteiger partial charge >= 0.3 is 6.03 Å². The number of aliphatic hydroxyl groups is 1. The molecule has 1 aliphatic heterocycles. The van der Waals surface area contributed by atoms with Gasteiger partial charge in [0.2, 0.25) is 0 Å². The Labute approximate surface area is 118 Å². The van der Waals surface area contributed by atoms with Crippen molar-refractivity contribution in [2.45, 2.75) is 58.2 Å². The van der Waals surface area contributed by atoms with Gasteiger partial charge in [-0.25, -0.2) is 4.79 Å². The highest BCUT2D eigenvalue weighted by molar-refractivity contribution is 5.74. The van der Waals surface area contributed by atoms with E-state index < -0.39 is 6.10 Å². The van der Waals surface area contributed by atoms with E-state index in [9.17, 15) is 9.90 Å². The van der Waals surface area contributed by atoms with Gasteiger partial charge in [-0.05, 0) is 26.2 Å². The molecule has 1 aromatic heterocycles. The molecule has 7 nitrogen and oxygen atoms in total. The predicted molar refractivity (Wildman–Crippen MR) is 74.2 cm³/mol. The fraction of sp³-hybridized carbons (Fsp3) is 0.769. The van der Waals surface area contributed by atoms with Crippen LogP contribution >= 0.6 is 0 Å². The van der Waals surface area contributed by atoms with Crippen LogP contribution in [0.3, 0.4) is 0 Å². The van der Waals surface area contributed by atoms with E-state index in [1.165, 1.54) is 0 Å². The molecule has 0 aromatic carbocycles. The maximum Gasteiger partial charge on any atom is 0.315 e. The second-order valence-corrected chi connectivity index (χ2v) is 5.25. The number of aromatic nitrogens is 3. The van der Waals surface area contributed by atoms with Gasteiger partial charge in [0, 0.05) is 13.1 Å². The van der Waals surface area contributed by atoms with Gasteiger partial charge < -0.3 is 20.3 Å². The molecule has 0 saturated heterocycles. The third kappa shape index (κ3) is 3.47. The first kappa shape index (κ1) is 14.8. The lowest BCUT2D eigenvalue weighted by Crippen LogP contribution is -2.42. The first-order valence-electron chi connectivity index (χ1n) is 7.24. The van der Waals surface area contributed by atoms with Gasteiger partial charge in [0.25, 0.3) is 0 Å². The van der Waals surface area contributed by atoms with Crippen LogP contribution in [0.25, 0.3) is 0 Å². The van der Waals surface area contributed by atoms with Gasteiger partial charge in [-0.3, -0.25) is 0 Å². The Hall–Kier alpha value is -1.63. The summed E-state index contributed by atoms with van der Waals surface area (Å²) in [5.74, 6) is 1.70. The van der Waals surface area contributed by atoms with Crippen molar-refractivity contribution in [3.63, 3.8) is 0 Å². The Bertz CT molecular complexity index is 460. The standard InChI is InChI=1S/C13H23N5O2/c1-3-5-10(19)8-14-13(20)15-11-6-4-7-18-9(2)16-17-12(11)18/h10-11,19H,3-8H2,1-2H3,(H2,14,15,20). The fourth-order valence-electron chi connectivity index (χ4n) is 2.51. The zero-order valence-corrected chi connectivity index (χ0v) is 12.1. The molecule has 1 aliphatic rings. The van der Waals surface area contributed by atoms with Crippen molar-refractivity contribution in [1.82, 2.24) is 25.4 Å². The van der Waals surface area contributed by atoms with Crippen LogP contribution in [-0.2, 0) is 6.54 Å². The number of aryl methyl sites for hydroxylation is 1. The molecular formula is C13H23N5O2. The monoisotopic (exact) mass is 281 g/mol. The number of nitrogens with one attached hydrogen (secondary N) is 2. The number of aliphatic hydroxyl groups excluding tert-OH is 1. The maximum absolute atomic E-state index is 11.8. The molecule has 1 aromatic rings. The summed E-state index contributed by atoms with van der Waals surface area (Å²) in [7, 11) is 0. The smallest absolute Gasteiger partial charge is 0.315 e. The molecule has 20 heavy (non-hydrogen) atoms. The number of carbonyl (C=O) groups excluding carboxylic acids is 1. The Morgan fingerprint density at radius 1 is 1.55 bits per heavy atom. The summed E-state index contributed by atoms with van der Waals surface area (Å²) in [6, 6.07) is -0.368.